The Balaban J connectivity index is 2.37. The number of piperidine rings is 1. The number of carboxylic acid groups (broad SMARTS) is 1. The van der Waals surface area contributed by atoms with Crippen molar-refractivity contribution < 1.29 is 14.7 Å². The van der Waals surface area contributed by atoms with Gasteiger partial charge < -0.3 is 15.3 Å². The van der Waals surface area contributed by atoms with Crippen LogP contribution in [0.1, 0.15) is 33.1 Å². The molecule has 0 aliphatic carbocycles. The monoisotopic (exact) mass is 242 g/mol. The van der Waals surface area contributed by atoms with Crippen molar-refractivity contribution in [2.45, 2.75) is 33.1 Å². The largest absolute Gasteiger partial charge is 0.481 e. The highest BCUT2D eigenvalue weighted by Crippen LogP contribution is 2.19. The van der Waals surface area contributed by atoms with Crippen LogP contribution in [0.4, 0.5) is 4.79 Å². The standard InChI is InChI=1S/C12H22N2O3/c1-9(2)7-13-12(17)14-5-3-4-10(8-14)6-11(15)16/h9-10H,3-8H2,1-2H3,(H,13,17)(H,15,16)/t10-/m0/s1. The van der Waals surface area contributed by atoms with Gasteiger partial charge in [-0.2, -0.15) is 0 Å². The molecule has 98 valence electrons. The fraction of sp³-hybridized carbons (Fsp3) is 0.833. The number of rotatable bonds is 4. The van der Waals surface area contributed by atoms with Crippen molar-refractivity contribution in [3.63, 3.8) is 0 Å². The van der Waals surface area contributed by atoms with Gasteiger partial charge >= 0.3 is 12.0 Å². The number of urea groups is 1. The second-order valence-corrected chi connectivity index (χ2v) is 5.13. The SMILES string of the molecule is CC(C)CNC(=O)N1CCC[C@@H](CC(=O)O)C1. The van der Waals surface area contributed by atoms with Gasteiger partial charge in [-0.05, 0) is 24.7 Å². The zero-order valence-corrected chi connectivity index (χ0v) is 10.6. The summed E-state index contributed by atoms with van der Waals surface area (Å²) >= 11 is 0. The van der Waals surface area contributed by atoms with Crippen LogP contribution in [0.25, 0.3) is 0 Å². The maximum absolute atomic E-state index is 11.8. The molecule has 0 saturated carbocycles. The van der Waals surface area contributed by atoms with Crippen LogP contribution in [0.3, 0.4) is 0 Å². The highest BCUT2D eigenvalue weighted by molar-refractivity contribution is 5.74. The molecule has 17 heavy (non-hydrogen) atoms. The number of carboxylic acids is 1. The van der Waals surface area contributed by atoms with Crippen molar-refractivity contribution in [1.29, 1.82) is 0 Å². The lowest BCUT2D eigenvalue weighted by molar-refractivity contribution is -0.138. The van der Waals surface area contributed by atoms with E-state index >= 15 is 0 Å². The molecule has 1 aliphatic rings. The first-order valence-corrected chi connectivity index (χ1v) is 6.23. The van der Waals surface area contributed by atoms with Gasteiger partial charge in [0.05, 0.1) is 0 Å². The topological polar surface area (TPSA) is 69.6 Å². The first-order chi connectivity index (χ1) is 7.99. The highest BCUT2D eigenvalue weighted by Gasteiger charge is 2.24. The third-order valence-electron chi connectivity index (χ3n) is 2.93. The summed E-state index contributed by atoms with van der Waals surface area (Å²) in [5.41, 5.74) is 0. The Kier molecular flexibility index (Phi) is 5.25. The Morgan fingerprint density at radius 1 is 1.47 bits per heavy atom. The third kappa shape index (κ3) is 5.06. The van der Waals surface area contributed by atoms with Gasteiger partial charge in [-0.3, -0.25) is 4.79 Å². The number of nitrogens with zero attached hydrogens (tertiary/aromatic N) is 1. The molecule has 1 saturated heterocycles. The van der Waals surface area contributed by atoms with Gasteiger partial charge in [0.25, 0.3) is 0 Å². The quantitative estimate of drug-likeness (QED) is 0.785. The molecule has 1 fully saturated rings. The summed E-state index contributed by atoms with van der Waals surface area (Å²) in [5, 5.41) is 11.6. The van der Waals surface area contributed by atoms with Crippen molar-refractivity contribution in [1.82, 2.24) is 10.2 Å². The van der Waals surface area contributed by atoms with Gasteiger partial charge in [0.1, 0.15) is 0 Å². The van der Waals surface area contributed by atoms with Crippen LogP contribution in [0.5, 0.6) is 0 Å². The maximum Gasteiger partial charge on any atom is 0.317 e. The molecular weight excluding hydrogens is 220 g/mol. The number of likely N-dealkylation sites (tertiary alicyclic amines) is 1. The predicted octanol–water partition coefficient (Wildman–Crippen LogP) is 1.54. The van der Waals surface area contributed by atoms with Crippen molar-refractivity contribution in [2.75, 3.05) is 19.6 Å². The maximum atomic E-state index is 11.8. The normalized spacial score (nSPS) is 20.4. The highest BCUT2D eigenvalue weighted by atomic mass is 16.4. The minimum Gasteiger partial charge on any atom is -0.481 e. The van der Waals surface area contributed by atoms with Crippen LogP contribution < -0.4 is 5.32 Å². The summed E-state index contributed by atoms with van der Waals surface area (Å²) in [6, 6.07) is -0.0613. The van der Waals surface area contributed by atoms with Crippen LogP contribution in [0, 0.1) is 11.8 Å². The Hall–Kier alpha value is -1.26. The van der Waals surface area contributed by atoms with Crippen LogP contribution in [-0.4, -0.2) is 41.6 Å². The first-order valence-electron chi connectivity index (χ1n) is 6.23. The van der Waals surface area contributed by atoms with E-state index in [2.05, 4.69) is 5.32 Å². The summed E-state index contributed by atoms with van der Waals surface area (Å²) < 4.78 is 0. The summed E-state index contributed by atoms with van der Waals surface area (Å²) in [4.78, 5) is 24.2. The van der Waals surface area contributed by atoms with Crippen LogP contribution >= 0.6 is 0 Å². The number of amides is 2. The lowest BCUT2D eigenvalue weighted by Crippen LogP contribution is -2.46. The molecule has 1 atom stereocenters. The molecule has 1 rings (SSSR count). The number of aliphatic carboxylic acids is 1. The zero-order chi connectivity index (χ0) is 12.8. The van der Waals surface area contributed by atoms with Gasteiger partial charge in [-0.1, -0.05) is 13.8 Å². The molecule has 0 unspecified atom stereocenters. The Labute approximate surface area is 102 Å². The molecule has 0 aromatic carbocycles. The van der Waals surface area contributed by atoms with Crippen molar-refractivity contribution in [3.8, 4) is 0 Å². The second kappa shape index (κ2) is 6.47. The number of hydrogen-bond donors (Lipinski definition) is 2. The van der Waals surface area contributed by atoms with Crippen molar-refractivity contribution in [3.05, 3.63) is 0 Å². The van der Waals surface area contributed by atoms with Crippen LogP contribution in [0.15, 0.2) is 0 Å². The number of nitrogens with one attached hydrogen (secondary N) is 1. The third-order valence-corrected chi connectivity index (χ3v) is 2.93. The molecule has 0 bridgehead atoms. The lowest BCUT2D eigenvalue weighted by Gasteiger charge is -2.32. The van der Waals surface area contributed by atoms with E-state index in [1.54, 1.807) is 4.90 Å². The summed E-state index contributed by atoms with van der Waals surface area (Å²) in [6.07, 6.45) is 1.96. The molecule has 5 heteroatoms. The van der Waals surface area contributed by atoms with Gasteiger partial charge in [0.2, 0.25) is 0 Å². The molecule has 2 N–H and O–H groups in total. The van der Waals surface area contributed by atoms with Gasteiger partial charge in [-0.15, -0.1) is 0 Å². The minimum absolute atomic E-state index is 0.0613. The molecule has 0 spiro atoms. The molecular formula is C12H22N2O3. The molecule has 0 aromatic heterocycles. The Morgan fingerprint density at radius 2 is 2.18 bits per heavy atom. The molecule has 1 heterocycles. The Morgan fingerprint density at radius 3 is 2.76 bits per heavy atom. The number of carbonyl (C=O) groups is 2. The molecule has 0 aromatic rings. The first kappa shape index (κ1) is 13.8. The van der Waals surface area contributed by atoms with Gasteiger partial charge in [0, 0.05) is 26.1 Å². The minimum atomic E-state index is -0.778. The Bertz CT molecular complexity index is 279. The van der Waals surface area contributed by atoms with E-state index in [9.17, 15) is 9.59 Å². The van der Waals surface area contributed by atoms with E-state index in [-0.39, 0.29) is 18.4 Å². The van der Waals surface area contributed by atoms with Crippen LogP contribution in [-0.2, 0) is 4.79 Å². The number of carbonyl (C=O) groups excluding carboxylic acids is 1. The fourth-order valence-corrected chi connectivity index (χ4v) is 2.07. The van der Waals surface area contributed by atoms with E-state index in [0.717, 1.165) is 19.4 Å². The summed E-state index contributed by atoms with van der Waals surface area (Å²) in [7, 11) is 0. The molecule has 2 amide bonds. The average Bonchev–Trinajstić information content (AvgIpc) is 2.25. The van der Waals surface area contributed by atoms with Crippen molar-refractivity contribution in [2.24, 2.45) is 11.8 Å². The average molecular weight is 242 g/mol. The lowest BCUT2D eigenvalue weighted by atomic mass is 9.95. The molecule has 0 radical (unpaired) electrons. The summed E-state index contributed by atoms with van der Waals surface area (Å²) in [5.74, 6) is -0.246. The number of hydrogen-bond acceptors (Lipinski definition) is 2. The smallest absolute Gasteiger partial charge is 0.317 e. The summed E-state index contributed by atoms with van der Waals surface area (Å²) in [6.45, 7) is 6.06. The predicted molar refractivity (Wildman–Crippen MR) is 64.8 cm³/mol. The van der Waals surface area contributed by atoms with E-state index in [1.165, 1.54) is 0 Å². The second-order valence-electron chi connectivity index (χ2n) is 5.13. The van der Waals surface area contributed by atoms with E-state index in [1.807, 2.05) is 13.8 Å². The molecule has 5 nitrogen and oxygen atoms in total. The zero-order valence-electron chi connectivity index (χ0n) is 10.6. The molecule has 1 aliphatic heterocycles. The van der Waals surface area contributed by atoms with E-state index in [4.69, 9.17) is 5.11 Å². The van der Waals surface area contributed by atoms with E-state index < -0.39 is 5.97 Å². The van der Waals surface area contributed by atoms with Gasteiger partial charge in [-0.25, -0.2) is 4.79 Å². The van der Waals surface area contributed by atoms with Gasteiger partial charge in [0.15, 0.2) is 0 Å². The van der Waals surface area contributed by atoms with Crippen LogP contribution in [0.2, 0.25) is 0 Å². The van der Waals surface area contributed by atoms with Crippen molar-refractivity contribution >= 4 is 12.0 Å². The van der Waals surface area contributed by atoms with E-state index in [0.29, 0.717) is 19.0 Å². The fourth-order valence-electron chi connectivity index (χ4n) is 2.07.